The van der Waals surface area contributed by atoms with E-state index in [2.05, 4.69) is 29.6 Å². The fraction of sp³-hybridized carbons (Fsp3) is 0.240. The summed E-state index contributed by atoms with van der Waals surface area (Å²) in [6.45, 7) is 2.36. The van der Waals surface area contributed by atoms with Crippen LogP contribution in [0.5, 0.6) is 11.5 Å². The highest BCUT2D eigenvalue weighted by Crippen LogP contribution is 2.48. The second-order valence-electron chi connectivity index (χ2n) is 7.62. The third-order valence-electron chi connectivity index (χ3n) is 5.90. The molecule has 0 amide bonds. The summed E-state index contributed by atoms with van der Waals surface area (Å²) in [7, 11) is 0. The van der Waals surface area contributed by atoms with Gasteiger partial charge in [0.25, 0.3) is 0 Å². The number of nitrogens with one attached hydrogen (secondary N) is 1. The Kier molecular flexibility index (Phi) is 4.27. The largest absolute Gasteiger partial charge is 0.504 e. The predicted octanol–water partition coefficient (Wildman–Crippen LogP) is 5.62. The summed E-state index contributed by atoms with van der Waals surface area (Å²) in [5.41, 5.74) is 5.14. The number of fused-ring (bicyclic) bond motifs is 4. The van der Waals surface area contributed by atoms with Gasteiger partial charge < -0.3 is 15.2 Å². The molecule has 4 heteroatoms. The van der Waals surface area contributed by atoms with Gasteiger partial charge in [-0.15, -0.1) is 0 Å². The van der Waals surface area contributed by atoms with Gasteiger partial charge >= 0.3 is 0 Å². The lowest BCUT2D eigenvalue weighted by atomic mass is 9.77. The second kappa shape index (κ2) is 6.96. The normalized spacial score (nSPS) is 18.2. The van der Waals surface area contributed by atoms with Crippen LogP contribution in [0, 0.1) is 0 Å². The molecule has 1 aliphatic carbocycles. The number of Topliss-reactive ketones (excluding diaryl/α,β-unsaturated/α-hetero) is 1. The second-order valence-corrected chi connectivity index (χ2v) is 7.62. The molecule has 0 bridgehead atoms. The van der Waals surface area contributed by atoms with Crippen molar-refractivity contribution in [1.82, 2.24) is 0 Å². The van der Waals surface area contributed by atoms with E-state index < -0.39 is 0 Å². The monoisotopic (exact) mass is 385 g/mol. The van der Waals surface area contributed by atoms with Gasteiger partial charge in [-0.25, -0.2) is 0 Å². The fourth-order valence-electron chi connectivity index (χ4n) is 4.60. The Balaban J connectivity index is 1.73. The predicted molar refractivity (Wildman–Crippen MR) is 115 cm³/mol. The molecule has 0 fully saturated rings. The van der Waals surface area contributed by atoms with Crippen LogP contribution in [0.1, 0.15) is 43.4 Å². The Labute approximate surface area is 169 Å². The molecule has 5 rings (SSSR count). The van der Waals surface area contributed by atoms with Crippen LogP contribution in [-0.4, -0.2) is 17.5 Å². The van der Waals surface area contributed by atoms with Gasteiger partial charge in [0.15, 0.2) is 17.3 Å². The molecule has 146 valence electrons. The van der Waals surface area contributed by atoms with Crippen molar-refractivity contribution in [2.75, 3.05) is 11.9 Å². The highest BCUT2D eigenvalue weighted by atomic mass is 16.5. The van der Waals surface area contributed by atoms with Gasteiger partial charge in [-0.05, 0) is 48.4 Å². The lowest BCUT2D eigenvalue weighted by molar-refractivity contribution is -0.116. The first-order chi connectivity index (χ1) is 14.2. The summed E-state index contributed by atoms with van der Waals surface area (Å²) in [5.74, 6) is 0.760. The number of hydrogen-bond donors (Lipinski definition) is 2. The van der Waals surface area contributed by atoms with E-state index in [0.717, 1.165) is 46.2 Å². The first kappa shape index (κ1) is 17.8. The third kappa shape index (κ3) is 2.87. The van der Waals surface area contributed by atoms with Gasteiger partial charge in [0.2, 0.25) is 0 Å². The minimum Gasteiger partial charge on any atom is -0.504 e. The Hall–Kier alpha value is -3.27. The quantitative estimate of drug-likeness (QED) is 0.615. The van der Waals surface area contributed by atoms with Crippen LogP contribution in [0.3, 0.4) is 0 Å². The van der Waals surface area contributed by atoms with Crippen LogP contribution in [0.25, 0.3) is 16.3 Å². The van der Waals surface area contributed by atoms with Crippen LogP contribution in [-0.2, 0) is 4.79 Å². The summed E-state index contributed by atoms with van der Waals surface area (Å²) in [4.78, 5) is 13.0. The maximum Gasteiger partial charge on any atom is 0.161 e. The van der Waals surface area contributed by atoms with E-state index in [1.165, 1.54) is 5.39 Å². The molecule has 1 aliphatic heterocycles. The maximum absolute atomic E-state index is 13.0. The Morgan fingerprint density at radius 2 is 1.97 bits per heavy atom. The van der Waals surface area contributed by atoms with Gasteiger partial charge in [-0.3, -0.25) is 4.79 Å². The van der Waals surface area contributed by atoms with E-state index in [1.807, 2.05) is 31.2 Å². The maximum atomic E-state index is 13.0. The molecule has 3 aromatic rings. The number of anilines is 1. The molecule has 2 N–H and O–H groups in total. The van der Waals surface area contributed by atoms with Gasteiger partial charge in [0.05, 0.1) is 18.3 Å². The van der Waals surface area contributed by atoms with E-state index in [9.17, 15) is 9.90 Å². The Morgan fingerprint density at radius 3 is 2.83 bits per heavy atom. The average molecular weight is 385 g/mol. The highest BCUT2D eigenvalue weighted by Gasteiger charge is 2.35. The van der Waals surface area contributed by atoms with Crippen molar-refractivity contribution in [2.45, 2.75) is 32.2 Å². The number of benzene rings is 3. The van der Waals surface area contributed by atoms with Gasteiger partial charge in [-0.1, -0.05) is 42.5 Å². The minimum atomic E-state index is -0.254. The molecule has 3 aromatic carbocycles. The zero-order valence-electron chi connectivity index (χ0n) is 16.4. The first-order valence-corrected chi connectivity index (χ1v) is 10.2. The zero-order chi connectivity index (χ0) is 20.0. The van der Waals surface area contributed by atoms with Crippen molar-refractivity contribution >= 4 is 27.8 Å². The molecular weight excluding hydrogens is 362 g/mol. The number of carbonyl (C=O) groups excluding carboxylic acids is 1. The first-order valence-electron chi connectivity index (χ1n) is 10.2. The summed E-state index contributed by atoms with van der Waals surface area (Å²) >= 11 is 0. The van der Waals surface area contributed by atoms with Crippen molar-refractivity contribution < 1.29 is 14.6 Å². The third-order valence-corrected chi connectivity index (χ3v) is 5.90. The molecule has 0 spiro atoms. The molecule has 2 aliphatic rings. The number of phenolic OH excluding ortho intramolecular Hbond substituents is 1. The summed E-state index contributed by atoms with van der Waals surface area (Å²) in [6.07, 6.45) is 2.37. The Bertz CT molecular complexity index is 1160. The van der Waals surface area contributed by atoms with Gasteiger partial charge in [0, 0.05) is 22.9 Å². The van der Waals surface area contributed by atoms with Crippen LogP contribution in [0.15, 0.2) is 60.2 Å². The number of hydrogen-bond acceptors (Lipinski definition) is 4. The number of aromatic hydroxyl groups is 1. The lowest BCUT2D eigenvalue weighted by Crippen LogP contribution is -2.27. The number of carbonyl (C=O) groups is 1. The number of rotatable bonds is 3. The van der Waals surface area contributed by atoms with Crippen molar-refractivity contribution in [2.24, 2.45) is 0 Å². The van der Waals surface area contributed by atoms with E-state index >= 15 is 0 Å². The smallest absolute Gasteiger partial charge is 0.161 e. The average Bonchev–Trinajstić information content (AvgIpc) is 2.75. The van der Waals surface area contributed by atoms with E-state index in [4.69, 9.17) is 4.74 Å². The van der Waals surface area contributed by atoms with Crippen LogP contribution >= 0.6 is 0 Å². The zero-order valence-corrected chi connectivity index (χ0v) is 16.4. The molecule has 0 aromatic heterocycles. The molecule has 0 saturated carbocycles. The summed E-state index contributed by atoms with van der Waals surface area (Å²) in [6, 6.07) is 17.7. The number of ketones is 1. The minimum absolute atomic E-state index is 0.112. The molecule has 1 heterocycles. The van der Waals surface area contributed by atoms with E-state index in [0.29, 0.717) is 18.8 Å². The van der Waals surface area contributed by atoms with Crippen LogP contribution < -0.4 is 10.1 Å². The van der Waals surface area contributed by atoms with Crippen molar-refractivity contribution in [3.63, 3.8) is 0 Å². The van der Waals surface area contributed by atoms with Crippen molar-refractivity contribution in [3.05, 3.63) is 71.3 Å². The van der Waals surface area contributed by atoms with Crippen molar-refractivity contribution in [1.29, 1.82) is 0 Å². The van der Waals surface area contributed by atoms with Gasteiger partial charge in [-0.2, -0.15) is 0 Å². The molecule has 0 radical (unpaired) electrons. The highest BCUT2D eigenvalue weighted by molar-refractivity contribution is 6.11. The topological polar surface area (TPSA) is 58.6 Å². The van der Waals surface area contributed by atoms with Gasteiger partial charge in [0.1, 0.15) is 0 Å². The molecule has 1 unspecified atom stereocenters. The van der Waals surface area contributed by atoms with E-state index in [-0.39, 0.29) is 17.6 Å². The summed E-state index contributed by atoms with van der Waals surface area (Å²) in [5, 5.41) is 16.1. The van der Waals surface area contributed by atoms with Crippen LogP contribution in [0.2, 0.25) is 0 Å². The molecule has 1 atom stereocenters. The standard InChI is InChI=1S/C25H23NO3/c1-2-29-22-14-16(11-13-20(22)27)24-23-18(8-5-9-21(23)28)19-12-10-15-6-3-4-7-17(15)25(19)26-24/h3-4,6-7,10-14,24,26-27H,2,5,8-9H2,1H3. The molecule has 0 saturated heterocycles. The molecule has 29 heavy (non-hydrogen) atoms. The fourth-order valence-corrected chi connectivity index (χ4v) is 4.60. The number of phenols is 1. The van der Waals surface area contributed by atoms with Crippen LogP contribution in [0.4, 0.5) is 5.69 Å². The molecular formula is C25H23NO3. The van der Waals surface area contributed by atoms with Crippen molar-refractivity contribution in [3.8, 4) is 11.5 Å². The van der Waals surface area contributed by atoms with E-state index in [1.54, 1.807) is 6.07 Å². The number of ether oxygens (including phenoxy) is 1. The lowest BCUT2D eigenvalue weighted by Gasteiger charge is -2.35. The SMILES string of the molecule is CCOc1cc(C2Nc3c(ccc4ccccc34)C3=C2C(=O)CCC3)ccc1O. The molecule has 4 nitrogen and oxygen atoms in total. The summed E-state index contributed by atoms with van der Waals surface area (Å²) < 4.78 is 5.59. The number of allylic oxidation sites excluding steroid dienone is 1. The Morgan fingerprint density at radius 1 is 1.10 bits per heavy atom.